The van der Waals surface area contributed by atoms with Crippen LogP contribution in [0.1, 0.15) is 38.3 Å². The molecule has 0 aliphatic rings. The minimum Gasteiger partial charge on any atom is -0.306 e. The van der Waals surface area contributed by atoms with E-state index in [1.165, 1.54) is 17.7 Å². The van der Waals surface area contributed by atoms with Crippen molar-refractivity contribution in [1.82, 2.24) is 5.32 Å². The first-order valence-corrected chi connectivity index (χ1v) is 8.40. The number of hydrogen-bond donors (Lipinski definition) is 1. The van der Waals surface area contributed by atoms with Crippen molar-refractivity contribution >= 4 is 27.7 Å². The molecule has 17 heavy (non-hydrogen) atoms. The summed E-state index contributed by atoms with van der Waals surface area (Å²) >= 11 is 5.46. The Hall–Kier alpha value is 0.01000. The smallest absolute Gasteiger partial charge is 0.0320 e. The summed E-state index contributed by atoms with van der Waals surface area (Å²) in [4.78, 5) is 0. The van der Waals surface area contributed by atoms with E-state index in [9.17, 15) is 0 Å². The fraction of sp³-hybridized carbons (Fsp3) is 0.571. The molecule has 0 saturated heterocycles. The molecule has 0 aliphatic heterocycles. The van der Waals surface area contributed by atoms with Gasteiger partial charge >= 0.3 is 0 Å². The standard InChI is InChI=1S/C14H22BrNS/c1-4-13(10-17-3)16-14(5-2)11-7-6-8-12(15)9-11/h6-9,13-14,16H,4-5,10H2,1-3H3. The van der Waals surface area contributed by atoms with Crippen molar-refractivity contribution in [3.63, 3.8) is 0 Å². The molecule has 1 aromatic rings. The van der Waals surface area contributed by atoms with Crippen LogP contribution < -0.4 is 5.32 Å². The molecular weight excluding hydrogens is 294 g/mol. The van der Waals surface area contributed by atoms with E-state index in [2.05, 4.69) is 65.6 Å². The highest BCUT2D eigenvalue weighted by molar-refractivity contribution is 9.10. The van der Waals surface area contributed by atoms with Crippen molar-refractivity contribution in [2.24, 2.45) is 0 Å². The van der Waals surface area contributed by atoms with Crippen LogP contribution in [0, 0.1) is 0 Å². The number of halogens is 1. The number of nitrogens with one attached hydrogen (secondary N) is 1. The van der Waals surface area contributed by atoms with Gasteiger partial charge in [0.25, 0.3) is 0 Å². The molecule has 1 N–H and O–H groups in total. The van der Waals surface area contributed by atoms with Gasteiger partial charge in [-0.2, -0.15) is 11.8 Å². The normalized spacial score (nSPS) is 14.6. The van der Waals surface area contributed by atoms with Crippen LogP contribution in [-0.2, 0) is 0 Å². The van der Waals surface area contributed by atoms with Gasteiger partial charge < -0.3 is 5.32 Å². The van der Waals surface area contributed by atoms with Crippen LogP contribution in [0.5, 0.6) is 0 Å². The number of thioether (sulfide) groups is 1. The van der Waals surface area contributed by atoms with E-state index >= 15 is 0 Å². The average molecular weight is 316 g/mol. The number of benzene rings is 1. The van der Waals surface area contributed by atoms with E-state index in [-0.39, 0.29) is 0 Å². The summed E-state index contributed by atoms with van der Waals surface area (Å²) in [6.45, 7) is 4.49. The van der Waals surface area contributed by atoms with Crippen LogP contribution in [0.4, 0.5) is 0 Å². The summed E-state index contributed by atoms with van der Waals surface area (Å²) in [7, 11) is 0. The van der Waals surface area contributed by atoms with E-state index in [1.54, 1.807) is 0 Å². The first-order chi connectivity index (χ1) is 8.21. The zero-order valence-electron chi connectivity index (χ0n) is 10.9. The lowest BCUT2D eigenvalue weighted by atomic mass is 10.0. The maximum atomic E-state index is 3.76. The molecule has 0 aromatic heterocycles. The van der Waals surface area contributed by atoms with Gasteiger partial charge in [-0.1, -0.05) is 41.9 Å². The predicted molar refractivity (Wildman–Crippen MR) is 82.8 cm³/mol. The van der Waals surface area contributed by atoms with Crippen LogP contribution in [0.15, 0.2) is 28.7 Å². The Morgan fingerprint density at radius 2 is 2.06 bits per heavy atom. The second-order valence-corrected chi connectivity index (χ2v) is 6.07. The third-order valence-corrected chi connectivity index (χ3v) is 4.19. The average Bonchev–Trinajstić information content (AvgIpc) is 2.34. The Kier molecular flexibility index (Phi) is 7.24. The van der Waals surface area contributed by atoms with E-state index < -0.39 is 0 Å². The summed E-state index contributed by atoms with van der Waals surface area (Å²) in [6.07, 6.45) is 4.48. The Morgan fingerprint density at radius 1 is 1.29 bits per heavy atom. The van der Waals surface area contributed by atoms with Crippen LogP contribution in [0.2, 0.25) is 0 Å². The minimum atomic E-state index is 0.463. The zero-order chi connectivity index (χ0) is 12.7. The highest BCUT2D eigenvalue weighted by atomic mass is 79.9. The fourth-order valence-corrected chi connectivity index (χ4v) is 3.09. The molecular formula is C14H22BrNS. The Balaban J connectivity index is 2.70. The number of hydrogen-bond acceptors (Lipinski definition) is 2. The van der Waals surface area contributed by atoms with Crippen molar-refractivity contribution < 1.29 is 0 Å². The molecule has 0 bridgehead atoms. The van der Waals surface area contributed by atoms with Crippen molar-refractivity contribution in [1.29, 1.82) is 0 Å². The molecule has 96 valence electrons. The van der Waals surface area contributed by atoms with Gasteiger partial charge in [-0.15, -0.1) is 0 Å². The molecule has 0 spiro atoms. The maximum absolute atomic E-state index is 3.76. The van der Waals surface area contributed by atoms with Crippen molar-refractivity contribution in [2.45, 2.75) is 38.8 Å². The first kappa shape index (κ1) is 15.1. The van der Waals surface area contributed by atoms with Gasteiger partial charge in [0.1, 0.15) is 0 Å². The lowest BCUT2D eigenvalue weighted by molar-refractivity contribution is 0.442. The van der Waals surface area contributed by atoms with Crippen LogP contribution in [0.3, 0.4) is 0 Å². The summed E-state index contributed by atoms with van der Waals surface area (Å²) < 4.78 is 1.16. The summed E-state index contributed by atoms with van der Waals surface area (Å²) in [5, 5.41) is 3.76. The van der Waals surface area contributed by atoms with Crippen molar-refractivity contribution in [2.75, 3.05) is 12.0 Å². The molecule has 0 saturated carbocycles. The van der Waals surface area contributed by atoms with Gasteiger partial charge in [0.2, 0.25) is 0 Å². The third-order valence-electron chi connectivity index (χ3n) is 2.96. The molecule has 0 radical (unpaired) electrons. The Bertz CT molecular complexity index is 330. The maximum Gasteiger partial charge on any atom is 0.0320 e. The molecule has 2 atom stereocenters. The Morgan fingerprint density at radius 3 is 2.59 bits per heavy atom. The van der Waals surface area contributed by atoms with Gasteiger partial charge in [0.05, 0.1) is 0 Å². The van der Waals surface area contributed by atoms with Crippen LogP contribution in [0.25, 0.3) is 0 Å². The molecule has 0 aliphatic carbocycles. The minimum absolute atomic E-state index is 0.463. The molecule has 1 nitrogen and oxygen atoms in total. The van der Waals surface area contributed by atoms with E-state index in [1.807, 2.05) is 11.8 Å². The fourth-order valence-electron chi connectivity index (χ4n) is 1.94. The second-order valence-electron chi connectivity index (χ2n) is 4.24. The monoisotopic (exact) mass is 315 g/mol. The van der Waals surface area contributed by atoms with Crippen LogP contribution >= 0.6 is 27.7 Å². The van der Waals surface area contributed by atoms with Crippen molar-refractivity contribution in [3.8, 4) is 0 Å². The largest absolute Gasteiger partial charge is 0.306 e. The van der Waals surface area contributed by atoms with Gasteiger partial charge in [-0.05, 0) is 36.8 Å². The highest BCUT2D eigenvalue weighted by Crippen LogP contribution is 2.22. The summed E-state index contributed by atoms with van der Waals surface area (Å²) in [5.74, 6) is 1.18. The first-order valence-electron chi connectivity index (χ1n) is 6.21. The molecule has 1 rings (SSSR count). The van der Waals surface area contributed by atoms with E-state index in [4.69, 9.17) is 0 Å². The lowest BCUT2D eigenvalue weighted by Crippen LogP contribution is -2.34. The topological polar surface area (TPSA) is 12.0 Å². The zero-order valence-corrected chi connectivity index (χ0v) is 13.3. The quantitative estimate of drug-likeness (QED) is 0.787. The van der Waals surface area contributed by atoms with Gasteiger partial charge in [-0.3, -0.25) is 0 Å². The molecule has 0 amide bonds. The SMILES string of the molecule is CCC(CSC)NC(CC)c1cccc(Br)c1. The van der Waals surface area contributed by atoms with E-state index in [0.29, 0.717) is 12.1 Å². The highest BCUT2D eigenvalue weighted by Gasteiger charge is 2.14. The van der Waals surface area contributed by atoms with Gasteiger partial charge in [0.15, 0.2) is 0 Å². The van der Waals surface area contributed by atoms with E-state index in [0.717, 1.165) is 10.9 Å². The summed E-state index contributed by atoms with van der Waals surface area (Å²) in [5.41, 5.74) is 1.38. The Labute approximate surface area is 118 Å². The lowest BCUT2D eigenvalue weighted by Gasteiger charge is -2.24. The molecule has 2 unspecified atom stereocenters. The second kappa shape index (κ2) is 8.17. The number of rotatable bonds is 7. The molecule has 0 fully saturated rings. The molecule has 0 heterocycles. The third kappa shape index (κ3) is 5.02. The molecule has 1 aromatic carbocycles. The van der Waals surface area contributed by atoms with Crippen molar-refractivity contribution in [3.05, 3.63) is 34.3 Å². The van der Waals surface area contributed by atoms with Gasteiger partial charge in [0, 0.05) is 22.3 Å². The van der Waals surface area contributed by atoms with Crippen LogP contribution in [-0.4, -0.2) is 18.1 Å². The summed E-state index contributed by atoms with van der Waals surface area (Å²) in [6, 6.07) is 9.68. The molecule has 3 heteroatoms. The van der Waals surface area contributed by atoms with Gasteiger partial charge in [-0.25, -0.2) is 0 Å². The predicted octanol–water partition coefficient (Wildman–Crippen LogP) is 4.63.